The highest BCUT2D eigenvalue weighted by Crippen LogP contribution is 2.44. The average molecular weight is 465 g/mol. The SMILES string of the molecule is O=C(NC(CC1CC1)C(=O)N[C@@H]1CCO[C@@H]1C(=O)O)OCC1c2ccccc2-c2ccccc21. The van der Waals surface area contributed by atoms with Gasteiger partial charge in [-0.15, -0.1) is 0 Å². The first-order valence-electron chi connectivity index (χ1n) is 11.8. The highest BCUT2D eigenvalue weighted by molar-refractivity contribution is 5.87. The van der Waals surface area contributed by atoms with Crippen LogP contribution in [0.5, 0.6) is 0 Å². The molecule has 2 fully saturated rings. The lowest BCUT2D eigenvalue weighted by Crippen LogP contribution is -2.52. The third-order valence-electron chi connectivity index (χ3n) is 6.88. The molecule has 1 heterocycles. The Morgan fingerprint density at radius 1 is 1.00 bits per heavy atom. The van der Waals surface area contributed by atoms with Gasteiger partial charge in [0.2, 0.25) is 5.91 Å². The van der Waals surface area contributed by atoms with Crippen molar-refractivity contribution in [3.63, 3.8) is 0 Å². The number of amides is 2. The summed E-state index contributed by atoms with van der Waals surface area (Å²) in [5, 5.41) is 14.8. The molecule has 0 spiro atoms. The molecule has 34 heavy (non-hydrogen) atoms. The van der Waals surface area contributed by atoms with Gasteiger partial charge in [-0.3, -0.25) is 4.79 Å². The number of benzene rings is 2. The van der Waals surface area contributed by atoms with E-state index in [1.54, 1.807) is 0 Å². The topological polar surface area (TPSA) is 114 Å². The van der Waals surface area contributed by atoms with Crippen molar-refractivity contribution in [1.29, 1.82) is 0 Å². The Balaban J connectivity index is 1.22. The molecule has 2 aromatic carbocycles. The second-order valence-electron chi connectivity index (χ2n) is 9.23. The molecule has 8 heteroatoms. The number of rotatable bonds is 8. The van der Waals surface area contributed by atoms with Crippen molar-refractivity contribution in [2.24, 2.45) is 5.92 Å². The zero-order chi connectivity index (χ0) is 23.7. The largest absolute Gasteiger partial charge is 0.479 e. The number of carboxylic acids is 1. The molecular weight excluding hydrogens is 436 g/mol. The fraction of sp³-hybridized carbons (Fsp3) is 0.423. The quantitative estimate of drug-likeness (QED) is 0.553. The molecule has 2 amide bonds. The van der Waals surface area contributed by atoms with E-state index < -0.39 is 36.2 Å². The number of hydrogen-bond donors (Lipinski definition) is 3. The van der Waals surface area contributed by atoms with Crippen molar-refractivity contribution in [2.75, 3.05) is 13.2 Å². The smallest absolute Gasteiger partial charge is 0.407 e. The first-order chi connectivity index (χ1) is 16.5. The van der Waals surface area contributed by atoms with Crippen LogP contribution >= 0.6 is 0 Å². The third kappa shape index (κ3) is 4.63. The third-order valence-corrected chi connectivity index (χ3v) is 6.88. The summed E-state index contributed by atoms with van der Waals surface area (Å²) in [5.41, 5.74) is 4.52. The number of nitrogens with one attached hydrogen (secondary N) is 2. The maximum atomic E-state index is 12.9. The number of carboxylic acid groups (broad SMARTS) is 1. The lowest BCUT2D eigenvalue weighted by Gasteiger charge is -2.23. The normalized spacial score (nSPS) is 21.9. The van der Waals surface area contributed by atoms with Crippen LogP contribution in [0.2, 0.25) is 0 Å². The van der Waals surface area contributed by atoms with E-state index in [2.05, 4.69) is 22.8 Å². The van der Waals surface area contributed by atoms with Crippen LogP contribution in [0.25, 0.3) is 11.1 Å². The second-order valence-corrected chi connectivity index (χ2v) is 9.23. The molecule has 3 aliphatic rings. The van der Waals surface area contributed by atoms with Crippen LogP contribution in [0.3, 0.4) is 0 Å². The van der Waals surface area contributed by atoms with Crippen molar-refractivity contribution in [1.82, 2.24) is 10.6 Å². The molecule has 1 unspecified atom stereocenters. The van der Waals surface area contributed by atoms with Crippen LogP contribution < -0.4 is 10.6 Å². The van der Waals surface area contributed by atoms with Crippen LogP contribution in [-0.2, 0) is 19.1 Å². The van der Waals surface area contributed by atoms with Gasteiger partial charge in [-0.25, -0.2) is 9.59 Å². The van der Waals surface area contributed by atoms with E-state index in [-0.39, 0.29) is 19.1 Å². The Morgan fingerprint density at radius 2 is 1.65 bits per heavy atom. The number of ether oxygens (including phenoxy) is 2. The van der Waals surface area contributed by atoms with Gasteiger partial charge in [0.05, 0.1) is 6.04 Å². The summed E-state index contributed by atoms with van der Waals surface area (Å²) in [4.78, 5) is 37.0. The minimum atomic E-state index is -1.11. The highest BCUT2D eigenvalue weighted by Gasteiger charge is 2.38. The van der Waals surface area contributed by atoms with Gasteiger partial charge in [-0.1, -0.05) is 61.4 Å². The first kappa shape index (κ1) is 22.4. The van der Waals surface area contributed by atoms with Gasteiger partial charge in [0.1, 0.15) is 12.6 Å². The fourth-order valence-corrected chi connectivity index (χ4v) is 4.96. The van der Waals surface area contributed by atoms with Crippen molar-refractivity contribution >= 4 is 18.0 Å². The fourth-order valence-electron chi connectivity index (χ4n) is 4.96. The van der Waals surface area contributed by atoms with Crippen molar-refractivity contribution in [3.05, 3.63) is 59.7 Å². The Hall–Kier alpha value is -3.39. The molecule has 3 N–H and O–H groups in total. The Labute approximate surface area is 197 Å². The van der Waals surface area contributed by atoms with E-state index in [0.29, 0.717) is 18.8 Å². The monoisotopic (exact) mass is 464 g/mol. The molecule has 0 radical (unpaired) electrons. The number of aliphatic carboxylic acids is 1. The molecule has 0 bridgehead atoms. The summed E-state index contributed by atoms with van der Waals surface area (Å²) in [6.07, 6.45) is 1.23. The maximum Gasteiger partial charge on any atom is 0.407 e. The Kier molecular flexibility index (Phi) is 6.24. The number of hydrogen-bond acceptors (Lipinski definition) is 5. The Morgan fingerprint density at radius 3 is 2.26 bits per heavy atom. The van der Waals surface area contributed by atoms with E-state index in [1.165, 1.54) is 0 Å². The average Bonchev–Trinajstić information content (AvgIpc) is 3.43. The maximum absolute atomic E-state index is 12.9. The highest BCUT2D eigenvalue weighted by atomic mass is 16.5. The predicted molar refractivity (Wildman–Crippen MR) is 123 cm³/mol. The van der Waals surface area contributed by atoms with Crippen molar-refractivity contribution < 1.29 is 29.0 Å². The van der Waals surface area contributed by atoms with Gasteiger partial charge >= 0.3 is 12.1 Å². The van der Waals surface area contributed by atoms with Gasteiger partial charge in [0, 0.05) is 12.5 Å². The summed E-state index contributed by atoms with van der Waals surface area (Å²) in [6, 6.07) is 14.8. The molecule has 8 nitrogen and oxygen atoms in total. The molecule has 5 rings (SSSR count). The minimum Gasteiger partial charge on any atom is -0.479 e. The van der Waals surface area contributed by atoms with Crippen LogP contribution in [0, 0.1) is 5.92 Å². The number of alkyl carbamates (subject to hydrolysis) is 1. The van der Waals surface area contributed by atoms with E-state index in [1.807, 2.05) is 36.4 Å². The van der Waals surface area contributed by atoms with Crippen molar-refractivity contribution in [3.8, 4) is 11.1 Å². The molecule has 2 aliphatic carbocycles. The van der Waals surface area contributed by atoms with Gasteiger partial charge in [-0.2, -0.15) is 0 Å². The molecule has 2 aromatic rings. The van der Waals surface area contributed by atoms with Gasteiger partial charge in [0.15, 0.2) is 6.10 Å². The molecule has 1 saturated carbocycles. The molecule has 1 saturated heterocycles. The number of carbonyl (C=O) groups excluding carboxylic acids is 2. The summed E-state index contributed by atoms with van der Waals surface area (Å²) in [6.45, 7) is 0.435. The van der Waals surface area contributed by atoms with Crippen LogP contribution in [0.4, 0.5) is 4.79 Å². The summed E-state index contributed by atoms with van der Waals surface area (Å²) in [5.74, 6) is -1.20. The number of carbonyl (C=O) groups is 3. The van der Waals surface area contributed by atoms with E-state index in [0.717, 1.165) is 35.1 Å². The van der Waals surface area contributed by atoms with Gasteiger partial charge in [0.25, 0.3) is 0 Å². The van der Waals surface area contributed by atoms with Crippen LogP contribution in [-0.4, -0.2) is 54.5 Å². The van der Waals surface area contributed by atoms with E-state index in [4.69, 9.17) is 9.47 Å². The van der Waals surface area contributed by atoms with Gasteiger partial charge in [-0.05, 0) is 41.0 Å². The number of fused-ring (bicyclic) bond motifs is 3. The predicted octanol–water partition coefficient (Wildman–Crippen LogP) is 3.05. The molecule has 3 atom stereocenters. The van der Waals surface area contributed by atoms with Gasteiger partial charge < -0.3 is 25.2 Å². The minimum absolute atomic E-state index is 0.0687. The first-order valence-corrected chi connectivity index (χ1v) is 11.8. The zero-order valence-electron chi connectivity index (χ0n) is 18.7. The molecular formula is C26H28N2O6. The summed E-state index contributed by atoms with van der Waals surface area (Å²) in [7, 11) is 0. The molecule has 1 aliphatic heterocycles. The standard InChI is InChI=1S/C26H28N2O6/c29-24(27-21-11-12-33-23(21)25(30)31)22(13-15-9-10-15)28-26(32)34-14-20-18-7-3-1-5-16(18)17-6-2-4-8-19(17)20/h1-8,15,20-23H,9-14H2,(H,27,29)(H,28,32)(H,30,31)/t21-,22?,23+/m1/s1. The lowest BCUT2D eigenvalue weighted by atomic mass is 9.98. The van der Waals surface area contributed by atoms with Crippen LogP contribution in [0.15, 0.2) is 48.5 Å². The molecule has 0 aromatic heterocycles. The van der Waals surface area contributed by atoms with Crippen molar-refractivity contribution in [2.45, 2.75) is 49.8 Å². The lowest BCUT2D eigenvalue weighted by molar-refractivity contribution is -0.148. The molecule has 178 valence electrons. The van der Waals surface area contributed by atoms with Crippen LogP contribution in [0.1, 0.15) is 42.7 Å². The summed E-state index contributed by atoms with van der Waals surface area (Å²) < 4.78 is 10.8. The van der Waals surface area contributed by atoms with E-state index >= 15 is 0 Å². The Bertz CT molecular complexity index is 1050. The van der Waals surface area contributed by atoms with E-state index in [9.17, 15) is 19.5 Å². The summed E-state index contributed by atoms with van der Waals surface area (Å²) >= 11 is 0. The second kappa shape index (κ2) is 9.46. The zero-order valence-corrected chi connectivity index (χ0v) is 18.7.